The van der Waals surface area contributed by atoms with E-state index in [1.807, 2.05) is 34.9 Å². The maximum Gasteiger partial charge on any atom is 0.278 e. The number of H-pyrrole nitrogens is 1. The van der Waals surface area contributed by atoms with E-state index >= 15 is 0 Å². The maximum absolute atomic E-state index is 12.9. The second kappa shape index (κ2) is 15.7. The van der Waals surface area contributed by atoms with Crippen LogP contribution in [0.2, 0.25) is 36.3 Å². The molecule has 56 heavy (non-hydrogen) atoms. The van der Waals surface area contributed by atoms with Crippen molar-refractivity contribution in [1.82, 2.24) is 19.5 Å². The zero-order valence-corrected chi connectivity index (χ0v) is 37.2. The highest BCUT2D eigenvalue weighted by molar-refractivity contribution is 6.74. The van der Waals surface area contributed by atoms with Crippen LogP contribution < -0.4 is 15.0 Å². The van der Waals surface area contributed by atoms with E-state index in [1.54, 1.807) is 20.5 Å². The van der Waals surface area contributed by atoms with Gasteiger partial charge in [0.2, 0.25) is 0 Å². The Morgan fingerprint density at radius 3 is 1.71 bits per heavy atom. The first-order valence-corrected chi connectivity index (χ1v) is 25.4. The van der Waals surface area contributed by atoms with Crippen molar-refractivity contribution in [1.29, 1.82) is 0 Å². The molecule has 5 aromatic rings. The van der Waals surface area contributed by atoms with Crippen molar-refractivity contribution >= 4 is 27.8 Å². The predicted molar refractivity (Wildman–Crippen MR) is 228 cm³/mol. The highest BCUT2D eigenvalue weighted by Gasteiger charge is 2.54. The van der Waals surface area contributed by atoms with Crippen LogP contribution in [-0.4, -0.2) is 69.2 Å². The van der Waals surface area contributed by atoms with E-state index in [4.69, 9.17) is 23.1 Å². The number of imidazole rings is 1. The Balaban J connectivity index is 1.53. The summed E-state index contributed by atoms with van der Waals surface area (Å²) >= 11 is 0. The topological polar surface area (TPSA) is 110 Å². The number of rotatable bonds is 13. The molecule has 1 aliphatic rings. The van der Waals surface area contributed by atoms with E-state index in [9.17, 15) is 4.79 Å². The van der Waals surface area contributed by atoms with E-state index in [0.717, 1.165) is 28.2 Å². The molecular formula is C44H60N4O6Si2. The summed E-state index contributed by atoms with van der Waals surface area (Å²) < 4.78 is 35.9. The molecule has 0 radical (unpaired) electrons. The van der Waals surface area contributed by atoms with Crippen molar-refractivity contribution in [2.45, 2.75) is 108 Å². The molecule has 1 aliphatic carbocycles. The lowest BCUT2D eigenvalue weighted by Gasteiger charge is -2.45. The van der Waals surface area contributed by atoms with Crippen molar-refractivity contribution < 1.29 is 23.1 Å². The Bertz CT molecular complexity index is 2090. The van der Waals surface area contributed by atoms with Gasteiger partial charge in [-0.3, -0.25) is 4.79 Å². The maximum atomic E-state index is 12.9. The molecule has 10 nitrogen and oxygen atoms in total. The average molecular weight is 797 g/mol. The van der Waals surface area contributed by atoms with Gasteiger partial charge in [-0.15, -0.1) is 0 Å². The van der Waals surface area contributed by atoms with Gasteiger partial charge in [0.1, 0.15) is 17.1 Å². The molecule has 1 fully saturated rings. The number of ether oxygens (including phenoxy) is 3. The van der Waals surface area contributed by atoms with Gasteiger partial charge in [-0.25, -0.2) is 9.97 Å². The van der Waals surface area contributed by atoms with Crippen molar-refractivity contribution in [2.75, 3.05) is 20.8 Å². The van der Waals surface area contributed by atoms with Crippen LogP contribution in [-0.2, 0) is 19.2 Å². The van der Waals surface area contributed by atoms with Crippen molar-refractivity contribution in [3.8, 4) is 11.5 Å². The Labute approximate surface area is 334 Å². The highest BCUT2D eigenvalue weighted by atomic mass is 28.4. The molecule has 0 bridgehead atoms. The highest BCUT2D eigenvalue weighted by Crippen LogP contribution is 2.50. The zero-order valence-electron chi connectivity index (χ0n) is 35.2. The molecule has 4 atom stereocenters. The number of fused-ring (bicyclic) bond motifs is 1. The number of nitrogens with zero attached hydrogens (tertiary/aromatic N) is 3. The fraction of sp³-hybridized carbons (Fsp3) is 0.477. The molecule has 1 N–H and O–H groups in total. The fourth-order valence-corrected chi connectivity index (χ4v) is 9.94. The Morgan fingerprint density at radius 1 is 0.714 bits per heavy atom. The van der Waals surface area contributed by atoms with Gasteiger partial charge in [0.15, 0.2) is 27.8 Å². The molecule has 3 aromatic carbocycles. The number of hydrogen-bond donors (Lipinski definition) is 1. The van der Waals surface area contributed by atoms with Gasteiger partial charge in [0.25, 0.3) is 5.56 Å². The van der Waals surface area contributed by atoms with Gasteiger partial charge < -0.3 is 32.6 Å². The third kappa shape index (κ3) is 7.91. The van der Waals surface area contributed by atoms with Crippen LogP contribution in [0, 0.1) is 5.92 Å². The van der Waals surface area contributed by atoms with E-state index < -0.39 is 22.2 Å². The van der Waals surface area contributed by atoms with Crippen molar-refractivity contribution in [2.24, 2.45) is 5.92 Å². The fourth-order valence-electron chi connectivity index (χ4n) is 7.26. The molecule has 0 spiro atoms. The smallest absolute Gasteiger partial charge is 0.278 e. The summed E-state index contributed by atoms with van der Waals surface area (Å²) in [6.45, 7) is 23.1. The number of methoxy groups -OCH3 is 2. The molecular weight excluding hydrogens is 737 g/mol. The molecule has 300 valence electrons. The van der Waals surface area contributed by atoms with Gasteiger partial charge in [-0.05, 0) is 83.6 Å². The van der Waals surface area contributed by atoms with E-state index in [1.165, 1.54) is 6.33 Å². The Morgan fingerprint density at radius 2 is 1.21 bits per heavy atom. The predicted octanol–water partition coefficient (Wildman–Crippen LogP) is 9.49. The van der Waals surface area contributed by atoms with Crippen LogP contribution in [0.3, 0.4) is 0 Å². The van der Waals surface area contributed by atoms with Crippen LogP contribution in [0.4, 0.5) is 0 Å². The van der Waals surface area contributed by atoms with Gasteiger partial charge in [0.05, 0.1) is 51.7 Å². The lowest BCUT2D eigenvalue weighted by molar-refractivity contribution is -0.0429. The normalized spacial score (nSPS) is 19.7. The summed E-state index contributed by atoms with van der Waals surface area (Å²) in [7, 11) is -1.41. The number of aromatic amines is 1. The third-order valence-corrected chi connectivity index (χ3v) is 21.5. The second-order valence-electron chi connectivity index (χ2n) is 18.1. The van der Waals surface area contributed by atoms with Crippen molar-refractivity contribution in [3.63, 3.8) is 0 Å². The second-order valence-corrected chi connectivity index (χ2v) is 27.6. The monoisotopic (exact) mass is 796 g/mol. The minimum Gasteiger partial charge on any atom is -0.497 e. The lowest BCUT2D eigenvalue weighted by Crippen LogP contribution is -2.53. The van der Waals surface area contributed by atoms with E-state index in [-0.39, 0.29) is 39.8 Å². The Kier molecular flexibility index (Phi) is 11.6. The molecule has 0 saturated heterocycles. The molecule has 1 saturated carbocycles. The van der Waals surface area contributed by atoms with Crippen LogP contribution in [0.5, 0.6) is 11.5 Å². The first kappa shape index (κ1) is 41.6. The van der Waals surface area contributed by atoms with Gasteiger partial charge in [-0.2, -0.15) is 0 Å². The number of hydrogen-bond acceptors (Lipinski definition) is 8. The minimum absolute atomic E-state index is 0.0610. The summed E-state index contributed by atoms with van der Waals surface area (Å²) in [6, 6.07) is 26.4. The van der Waals surface area contributed by atoms with Gasteiger partial charge >= 0.3 is 0 Å². The first-order chi connectivity index (χ1) is 26.3. The Hall–Kier alpha value is -4.08. The quantitative estimate of drug-likeness (QED) is 0.0928. The molecule has 2 heterocycles. The molecule has 0 amide bonds. The lowest BCUT2D eigenvalue weighted by atomic mass is 9.79. The molecule has 2 aromatic heterocycles. The van der Waals surface area contributed by atoms with Gasteiger partial charge in [-0.1, -0.05) is 96.1 Å². The summed E-state index contributed by atoms with van der Waals surface area (Å²) in [4.78, 5) is 24.8. The summed E-state index contributed by atoms with van der Waals surface area (Å²) in [5.74, 6) is 1.41. The first-order valence-electron chi connectivity index (χ1n) is 19.6. The van der Waals surface area contributed by atoms with Crippen molar-refractivity contribution in [3.05, 3.63) is 119 Å². The molecule has 6 rings (SSSR count). The van der Waals surface area contributed by atoms with Gasteiger partial charge in [0, 0.05) is 5.92 Å². The van der Waals surface area contributed by atoms with Crippen LogP contribution >= 0.6 is 0 Å². The molecule has 0 unspecified atom stereocenters. The SMILES string of the molecule is COc1ccc(C(OC[C@H]2C[C@@H](n3cnc4c(=O)[nH]cnc43)[C@H](O[Si](C)(C)C(C)(C)C)[C@@H]2O[Si](C)(C)C(C)(C)C)(c2ccccc2)c2ccc(OC)cc2)cc1. The standard InChI is InChI=1S/C44H60N4O6Si2/c1-42(2,3)55(9,10)53-38-30(26-36(39(38)54-56(11,12)43(4,5)6)48-29-47-37-40(48)45-28-46-41(37)49)27-52-44(31-16-14-13-15-17-31,32-18-22-34(50-7)23-19-32)33-20-24-35(51-8)25-21-33/h13-25,28-30,36,38-39H,26-27H2,1-12H3,(H,45,46,49)/t30-,36-,38-,39+/m1/s1. The minimum atomic E-state index is -2.38. The average Bonchev–Trinajstić information content (AvgIpc) is 3.73. The summed E-state index contributed by atoms with van der Waals surface area (Å²) in [5.41, 5.74) is 2.48. The summed E-state index contributed by atoms with van der Waals surface area (Å²) in [6.07, 6.45) is 3.17. The van der Waals surface area contributed by atoms with Crippen LogP contribution in [0.25, 0.3) is 11.2 Å². The number of benzene rings is 3. The largest absolute Gasteiger partial charge is 0.497 e. The van der Waals surface area contributed by atoms with E-state index in [0.29, 0.717) is 24.2 Å². The third-order valence-electron chi connectivity index (χ3n) is 12.6. The summed E-state index contributed by atoms with van der Waals surface area (Å²) in [5, 5.41) is -0.125. The molecule has 12 heteroatoms. The zero-order chi connectivity index (χ0) is 40.7. The van der Waals surface area contributed by atoms with Crippen LogP contribution in [0.1, 0.15) is 70.7 Å². The molecule has 0 aliphatic heterocycles. The van der Waals surface area contributed by atoms with E-state index in [2.05, 4.69) is 131 Å². The van der Waals surface area contributed by atoms with Crippen LogP contribution in [0.15, 0.2) is 96.3 Å². The number of nitrogens with one attached hydrogen (secondary N) is 1. The number of aromatic nitrogens is 4.